The highest BCUT2D eigenvalue weighted by atomic mass is 79.9. The summed E-state index contributed by atoms with van der Waals surface area (Å²) in [5, 5.41) is 0. The van der Waals surface area contributed by atoms with Crippen molar-refractivity contribution in [3.8, 4) is 0 Å². The summed E-state index contributed by atoms with van der Waals surface area (Å²) in [5.41, 5.74) is 0. The minimum atomic E-state index is 0.148. The van der Waals surface area contributed by atoms with Crippen molar-refractivity contribution in [2.24, 2.45) is 0 Å². The third kappa shape index (κ3) is 3.02. The zero-order valence-electron chi connectivity index (χ0n) is 10.8. The first-order valence-corrected chi connectivity index (χ1v) is 6.97. The third-order valence-electron chi connectivity index (χ3n) is 3.54. The Kier molecular flexibility index (Phi) is 4.22. The van der Waals surface area contributed by atoms with Crippen LogP contribution in [0.4, 0.5) is 5.82 Å². The van der Waals surface area contributed by atoms with Crippen molar-refractivity contribution in [2.45, 2.75) is 25.8 Å². The number of nitrogens with zero attached hydrogens (tertiary/aromatic N) is 3. The van der Waals surface area contributed by atoms with Crippen LogP contribution >= 0.6 is 15.9 Å². The minimum Gasteiger partial charge on any atom is -0.356 e. The van der Waals surface area contributed by atoms with Gasteiger partial charge in [-0.05, 0) is 40.9 Å². The molecule has 1 saturated heterocycles. The lowest BCUT2D eigenvalue weighted by Crippen LogP contribution is -2.45. The van der Waals surface area contributed by atoms with Crippen molar-refractivity contribution in [1.29, 1.82) is 0 Å². The fraction of sp³-hybridized carbons (Fsp3) is 0.538. The molecular weight excluding hydrogens is 294 g/mol. The van der Waals surface area contributed by atoms with Gasteiger partial charge in [0.2, 0.25) is 5.91 Å². The lowest BCUT2D eigenvalue weighted by molar-refractivity contribution is -0.129. The van der Waals surface area contributed by atoms with Crippen LogP contribution in [-0.2, 0) is 4.79 Å². The lowest BCUT2D eigenvalue weighted by atomic mass is 10.0. The Morgan fingerprint density at radius 2 is 2.11 bits per heavy atom. The minimum absolute atomic E-state index is 0.148. The Hall–Kier alpha value is -1.10. The number of piperidine rings is 1. The largest absolute Gasteiger partial charge is 0.356 e. The van der Waals surface area contributed by atoms with Gasteiger partial charge in [0.05, 0.1) is 0 Å². The van der Waals surface area contributed by atoms with Crippen molar-refractivity contribution in [1.82, 2.24) is 9.88 Å². The van der Waals surface area contributed by atoms with E-state index in [0.29, 0.717) is 6.04 Å². The normalized spacial score (nSPS) is 16.7. The van der Waals surface area contributed by atoms with Gasteiger partial charge >= 0.3 is 0 Å². The molecule has 4 nitrogen and oxygen atoms in total. The van der Waals surface area contributed by atoms with Crippen LogP contribution in [0.2, 0.25) is 0 Å². The summed E-state index contributed by atoms with van der Waals surface area (Å²) in [4.78, 5) is 19.9. The first-order chi connectivity index (χ1) is 8.58. The topological polar surface area (TPSA) is 36.4 Å². The van der Waals surface area contributed by atoms with Gasteiger partial charge in [-0.2, -0.15) is 0 Å². The van der Waals surface area contributed by atoms with Gasteiger partial charge < -0.3 is 9.80 Å². The van der Waals surface area contributed by atoms with E-state index in [4.69, 9.17) is 0 Å². The van der Waals surface area contributed by atoms with Crippen LogP contribution in [0.3, 0.4) is 0 Å². The summed E-state index contributed by atoms with van der Waals surface area (Å²) in [5.74, 6) is 1.16. The third-order valence-corrected chi connectivity index (χ3v) is 4.01. The molecule has 18 heavy (non-hydrogen) atoms. The van der Waals surface area contributed by atoms with Gasteiger partial charge in [-0.25, -0.2) is 4.98 Å². The van der Waals surface area contributed by atoms with Crippen LogP contribution in [0, 0.1) is 0 Å². The molecule has 0 aromatic carbocycles. The van der Waals surface area contributed by atoms with E-state index in [9.17, 15) is 4.79 Å². The van der Waals surface area contributed by atoms with Crippen molar-refractivity contribution in [3.05, 3.63) is 22.8 Å². The highest BCUT2D eigenvalue weighted by Crippen LogP contribution is 2.21. The highest BCUT2D eigenvalue weighted by Gasteiger charge is 2.24. The molecule has 0 unspecified atom stereocenters. The van der Waals surface area contributed by atoms with Crippen molar-refractivity contribution in [3.63, 3.8) is 0 Å². The fourth-order valence-electron chi connectivity index (χ4n) is 2.29. The maximum absolute atomic E-state index is 11.3. The van der Waals surface area contributed by atoms with Crippen LogP contribution in [-0.4, -0.2) is 42.0 Å². The fourth-order valence-corrected chi connectivity index (χ4v) is 2.53. The van der Waals surface area contributed by atoms with Gasteiger partial charge in [0, 0.05) is 43.8 Å². The van der Waals surface area contributed by atoms with Gasteiger partial charge in [0.25, 0.3) is 0 Å². The monoisotopic (exact) mass is 311 g/mol. The number of carbonyl (C=O) groups excluding carboxylic acids is 1. The van der Waals surface area contributed by atoms with E-state index in [0.717, 1.165) is 36.2 Å². The predicted molar refractivity (Wildman–Crippen MR) is 75.6 cm³/mol. The number of halogens is 1. The number of aromatic nitrogens is 1. The molecule has 2 rings (SSSR count). The molecule has 0 radical (unpaired) electrons. The summed E-state index contributed by atoms with van der Waals surface area (Å²) in [6.45, 7) is 3.54. The van der Waals surface area contributed by atoms with Gasteiger partial charge in [0.15, 0.2) is 0 Å². The van der Waals surface area contributed by atoms with E-state index in [1.807, 2.05) is 30.3 Å². The summed E-state index contributed by atoms with van der Waals surface area (Å²) in [7, 11) is 1.89. The Bertz CT molecular complexity index is 413. The van der Waals surface area contributed by atoms with Crippen molar-refractivity contribution < 1.29 is 4.79 Å². The molecule has 1 aromatic heterocycles. The van der Waals surface area contributed by atoms with Crippen molar-refractivity contribution in [2.75, 3.05) is 25.0 Å². The summed E-state index contributed by atoms with van der Waals surface area (Å²) >= 11 is 3.39. The maximum atomic E-state index is 11.3. The number of hydrogen-bond acceptors (Lipinski definition) is 3. The maximum Gasteiger partial charge on any atom is 0.219 e. The standard InChI is InChI=1S/C13H18BrN3O/c1-10(18)16(2)12-5-7-17(8-6-12)13-4-3-11(14)9-15-13/h3-4,9,12H,5-8H2,1-2H3. The van der Waals surface area contributed by atoms with Gasteiger partial charge in [-0.3, -0.25) is 4.79 Å². The van der Waals surface area contributed by atoms with Crippen molar-refractivity contribution >= 4 is 27.7 Å². The van der Waals surface area contributed by atoms with Crippen LogP contribution < -0.4 is 4.90 Å². The molecule has 1 aliphatic heterocycles. The Labute approximate surface area is 116 Å². The van der Waals surface area contributed by atoms with Gasteiger partial charge in [-0.1, -0.05) is 0 Å². The highest BCUT2D eigenvalue weighted by molar-refractivity contribution is 9.10. The molecule has 2 heterocycles. The van der Waals surface area contributed by atoms with Gasteiger partial charge in [0.1, 0.15) is 5.82 Å². The summed E-state index contributed by atoms with van der Waals surface area (Å²) in [6.07, 6.45) is 3.84. The number of anilines is 1. The smallest absolute Gasteiger partial charge is 0.219 e. The number of rotatable bonds is 2. The van der Waals surface area contributed by atoms with E-state index in [1.54, 1.807) is 6.92 Å². The van der Waals surface area contributed by atoms with E-state index in [1.165, 1.54) is 0 Å². The molecule has 1 aromatic rings. The molecule has 0 saturated carbocycles. The van der Waals surface area contributed by atoms with Crippen LogP contribution in [0.15, 0.2) is 22.8 Å². The zero-order chi connectivity index (χ0) is 13.1. The Morgan fingerprint density at radius 3 is 2.61 bits per heavy atom. The van der Waals surface area contributed by atoms with Crippen LogP contribution in [0.5, 0.6) is 0 Å². The number of pyridine rings is 1. The molecule has 1 aliphatic rings. The first-order valence-electron chi connectivity index (χ1n) is 6.18. The van der Waals surface area contributed by atoms with E-state index >= 15 is 0 Å². The summed E-state index contributed by atoms with van der Waals surface area (Å²) < 4.78 is 0.998. The quantitative estimate of drug-likeness (QED) is 0.841. The average Bonchev–Trinajstić information content (AvgIpc) is 2.39. The molecule has 0 bridgehead atoms. The first kappa shape index (κ1) is 13.3. The second-order valence-corrected chi connectivity index (χ2v) is 5.60. The Morgan fingerprint density at radius 1 is 1.44 bits per heavy atom. The molecule has 1 amide bonds. The van der Waals surface area contributed by atoms with Gasteiger partial charge in [-0.15, -0.1) is 0 Å². The molecule has 98 valence electrons. The molecule has 0 N–H and O–H groups in total. The lowest BCUT2D eigenvalue weighted by Gasteiger charge is -2.36. The second kappa shape index (κ2) is 5.69. The van der Waals surface area contributed by atoms with E-state index in [2.05, 4.69) is 25.8 Å². The Balaban J connectivity index is 1.94. The number of hydrogen-bond donors (Lipinski definition) is 0. The number of amides is 1. The molecule has 0 atom stereocenters. The van der Waals surface area contributed by atoms with E-state index < -0.39 is 0 Å². The molecule has 0 aliphatic carbocycles. The second-order valence-electron chi connectivity index (χ2n) is 4.68. The molecule has 1 fully saturated rings. The van der Waals surface area contributed by atoms with E-state index in [-0.39, 0.29) is 5.91 Å². The molecule has 0 spiro atoms. The zero-order valence-corrected chi connectivity index (χ0v) is 12.4. The van der Waals surface area contributed by atoms with Crippen LogP contribution in [0.25, 0.3) is 0 Å². The number of carbonyl (C=O) groups is 1. The molecular formula is C13H18BrN3O. The van der Waals surface area contributed by atoms with Crippen LogP contribution in [0.1, 0.15) is 19.8 Å². The average molecular weight is 312 g/mol. The SMILES string of the molecule is CC(=O)N(C)C1CCN(c2ccc(Br)cn2)CC1. The molecule has 5 heteroatoms. The summed E-state index contributed by atoms with van der Waals surface area (Å²) in [6, 6.07) is 4.41. The predicted octanol–water partition coefficient (Wildman–Crippen LogP) is 2.29.